The fourth-order valence-electron chi connectivity index (χ4n) is 4.84. The Morgan fingerprint density at radius 2 is 1.93 bits per heavy atom. The minimum absolute atomic E-state index is 0.0534. The van der Waals surface area contributed by atoms with Gasteiger partial charge >= 0.3 is 6.03 Å². The quantitative estimate of drug-likeness (QED) is 0.481. The molecule has 4 rings (SSSR count). The molecule has 0 aromatic heterocycles. The van der Waals surface area contributed by atoms with Crippen molar-refractivity contribution >= 4 is 23.7 Å². The first-order valence-electron chi connectivity index (χ1n) is 10.3. The molecule has 0 spiro atoms. The monoisotopic (exact) mass is 405 g/mol. The van der Waals surface area contributed by atoms with E-state index in [0.29, 0.717) is 11.7 Å². The van der Waals surface area contributed by atoms with Crippen LogP contribution in [0, 0.1) is 5.82 Å². The fraction of sp³-hybridized carbons (Fsp3) is 0.619. The van der Waals surface area contributed by atoms with Crippen LogP contribution in [0.4, 0.5) is 9.18 Å². The second-order valence-electron chi connectivity index (χ2n) is 8.21. The van der Waals surface area contributed by atoms with E-state index in [1.165, 1.54) is 12.1 Å². The van der Waals surface area contributed by atoms with Crippen molar-refractivity contribution in [3.8, 4) is 0 Å². The molecule has 0 unspecified atom stereocenters. The van der Waals surface area contributed by atoms with Gasteiger partial charge in [0, 0.05) is 17.4 Å². The Hall–Kier alpha value is -1.76. The zero-order valence-corrected chi connectivity index (χ0v) is 16.8. The zero-order valence-electron chi connectivity index (χ0n) is 16.0. The number of hydrogen-bond acceptors (Lipinski definition) is 3. The summed E-state index contributed by atoms with van der Waals surface area (Å²) >= 11 is 1.91. The van der Waals surface area contributed by atoms with Gasteiger partial charge in [-0.3, -0.25) is 4.79 Å². The number of urea groups is 1. The summed E-state index contributed by atoms with van der Waals surface area (Å²) < 4.78 is 13.3. The Labute approximate surface area is 169 Å². The third kappa shape index (κ3) is 4.14. The number of carbonyl (C=O) groups is 2. The number of benzene rings is 1. The highest BCUT2D eigenvalue weighted by Gasteiger charge is 2.42. The normalized spacial score (nSPS) is 27.9. The second-order valence-corrected chi connectivity index (χ2v) is 9.48. The van der Waals surface area contributed by atoms with Gasteiger partial charge in [-0.15, -0.1) is 0 Å². The Kier molecular flexibility index (Phi) is 5.80. The minimum Gasteiger partial charge on any atom is -0.347 e. The molecule has 3 amide bonds. The van der Waals surface area contributed by atoms with Gasteiger partial charge in [-0.2, -0.15) is 11.8 Å². The maximum absolute atomic E-state index is 13.3. The molecule has 3 atom stereocenters. The molecule has 1 aromatic rings. The summed E-state index contributed by atoms with van der Waals surface area (Å²) in [6, 6.07) is 6.99. The van der Waals surface area contributed by atoms with Gasteiger partial charge in [-0.25, -0.2) is 9.18 Å². The van der Waals surface area contributed by atoms with Crippen molar-refractivity contribution in [1.82, 2.24) is 16.0 Å². The predicted octanol–water partition coefficient (Wildman–Crippen LogP) is 3.44. The van der Waals surface area contributed by atoms with Gasteiger partial charge in [0.15, 0.2) is 0 Å². The summed E-state index contributed by atoms with van der Waals surface area (Å²) in [5.74, 6) is 0.803. The van der Waals surface area contributed by atoms with Gasteiger partial charge in [0.1, 0.15) is 5.82 Å². The highest BCUT2D eigenvalue weighted by Crippen LogP contribution is 2.39. The zero-order chi connectivity index (χ0) is 19.6. The summed E-state index contributed by atoms with van der Waals surface area (Å²) in [5, 5.41) is 9.68. The van der Waals surface area contributed by atoms with Crippen LogP contribution in [0.3, 0.4) is 0 Å². The number of fused-ring (bicyclic) bond motifs is 1. The topological polar surface area (TPSA) is 70.2 Å². The third-order valence-corrected chi connectivity index (χ3v) is 7.82. The number of unbranched alkanes of at least 4 members (excludes halogenated alkanes) is 1. The first kappa shape index (κ1) is 19.6. The molecular formula is C21H28FN3O2S. The number of rotatable bonds is 7. The highest BCUT2D eigenvalue weighted by atomic mass is 32.2. The summed E-state index contributed by atoms with van der Waals surface area (Å²) in [4.78, 5) is 24.1. The number of hydrogen-bond donors (Lipinski definition) is 3. The van der Waals surface area contributed by atoms with E-state index in [-0.39, 0.29) is 35.4 Å². The van der Waals surface area contributed by atoms with Crippen LogP contribution in [-0.4, -0.2) is 35.0 Å². The molecule has 0 bridgehead atoms. The van der Waals surface area contributed by atoms with E-state index < -0.39 is 0 Å². The molecule has 3 fully saturated rings. The highest BCUT2D eigenvalue weighted by molar-refractivity contribution is 8.00. The van der Waals surface area contributed by atoms with Crippen LogP contribution >= 0.6 is 11.8 Å². The van der Waals surface area contributed by atoms with Crippen LogP contribution in [0.1, 0.15) is 56.9 Å². The first-order chi connectivity index (χ1) is 13.6. The lowest BCUT2D eigenvalue weighted by Gasteiger charge is -2.31. The van der Waals surface area contributed by atoms with E-state index in [4.69, 9.17) is 0 Å². The first-order valence-corrected chi connectivity index (χ1v) is 11.4. The maximum atomic E-state index is 13.3. The molecule has 3 N–H and O–H groups in total. The number of carbonyl (C=O) groups excluding carboxylic acids is 2. The lowest BCUT2D eigenvalue weighted by Crippen LogP contribution is -2.43. The lowest BCUT2D eigenvalue weighted by atomic mass is 9.88. The van der Waals surface area contributed by atoms with E-state index >= 15 is 0 Å². The molecule has 2 heterocycles. The van der Waals surface area contributed by atoms with E-state index in [9.17, 15) is 14.0 Å². The summed E-state index contributed by atoms with van der Waals surface area (Å²) in [6.45, 7) is 0. The maximum Gasteiger partial charge on any atom is 0.315 e. The van der Waals surface area contributed by atoms with Gasteiger partial charge < -0.3 is 16.0 Å². The Morgan fingerprint density at radius 3 is 2.68 bits per heavy atom. The molecule has 0 radical (unpaired) electrons. The van der Waals surface area contributed by atoms with Crippen molar-refractivity contribution in [3.63, 3.8) is 0 Å². The number of halogens is 1. The molecule has 28 heavy (non-hydrogen) atoms. The van der Waals surface area contributed by atoms with Crippen molar-refractivity contribution in [2.45, 2.75) is 74.2 Å². The second kappa shape index (κ2) is 8.31. The molecule has 1 aromatic carbocycles. The third-order valence-electron chi connectivity index (χ3n) is 6.31. The van der Waals surface area contributed by atoms with Crippen molar-refractivity contribution in [2.24, 2.45) is 0 Å². The Bertz CT molecular complexity index is 721. The van der Waals surface area contributed by atoms with Gasteiger partial charge in [-0.1, -0.05) is 31.4 Å². The van der Waals surface area contributed by atoms with E-state index in [0.717, 1.165) is 56.3 Å². The van der Waals surface area contributed by atoms with E-state index in [2.05, 4.69) is 16.0 Å². The molecule has 2 saturated heterocycles. The van der Waals surface area contributed by atoms with Crippen molar-refractivity contribution in [2.75, 3.05) is 5.75 Å². The summed E-state index contributed by atoms with van der Waals surface area (Å²) in [7, 11) is 0. The van der Waals surface area contributed by atoms with Crippen LogP contribution in [-0.2, 0) is 10.3 Å². The van der Waals surface area contributed by atoms with E-state index in [1.807, 2.05) is 11.8 Å². The van der Waals surface area contributed by atoms with Crippen LogP contribution in [0.25, 0.3) is 0 Å². The Balaban J connectivity index is 1.24. The van der Waals surface area contributed by atoms with Gasteiger partial charge in [0.2, 0.25) is 5.91 Å². The van der Waals surface area contributed by atoms with Crippen molar-refractivity contribution < 1.29 is 14.0 Å². The molecule has 2 aliphatic heterocycles. The smallest absolute Gasteiger partial charge is 0.315 e. The molecular weight excluding hydrogens is 377 g/mol. The molecule has 152 valence electrons. The largest absolute Gasteiger partial charge is 0.347 e. The van der Waals surface area contributed by atoms with Crippen LogP contribution in [0.15, 0.2) is 24.3 Å². The molecule has 3 aliphatic rings. The summed E-state index contributed by atoms with van der Waals surface area (Å²) in [5.41, 5.74) is 0.677. The minimum atomic E-state index is -0.334. The summed E-state index contributed by atoms with van der Waals surface area (Å²) in [6.07, 6.45) is 7.35. The SMILES string of the molecule is O=C(CCCC[C@H]1SC[C@H]2NC(=O)N[C@@H]21)NC1(c2ccc(F)cc2)CCCC1. The predicted molar refractivity (Wildman–Crippen MR) is 109 cm³/mol. The molecule has 1 aliphatic carbocycles. The van der Waals surface area contributed by atoms with Gasteiger partial charge in [0.25, 0.3) is 0 Å². The number of nitrogens with one attached hydrogen (secondary N) is 3. The van der Waals surface area contributed by atoms with Crippen LogP contribution in [0.5, 0.6) is 0 Å². The van der Waals surface area contributed by atoms with Gasteiger partial charge in [-0.05, 0) is 43.4 Å². The molecule has 7 heteroatoms. The average molecular weight is 406 g/mol. The molecule has 5 nitrogen and oxygen atoms in total. The van der Waals surface area contributed by atoms with Crippen molar-refractivity contribution in [3.05, 3.63) is 35.6 Å². The number of thioether (sulfide) groups is 1. The van der Waals surface area contributed by atoms with Gasteiger partial charge in [0.05, 0.1) is 17.6 Å². The standard InChI is InChI=1S/C21H28FN3O2S/c22-15-9-7-14(8-10-15)21(11-3-4-12-21)25-18(26)6-2-1-5-17-19-16(13-28-17)23-20(27)24-19/h7-10,16-17,19H,1-6,11-13H2,(H,25,26)(H2,23,24,27)/t16-,17-,19+/m1/s1. The van der Waals surface area contributed by atoms with Crippen LogP contribution in [0.2, 0.25) is 0 Å². The lowest BCUT2D eigenvalue weighted by molar-refractivity contribution is -0.123. The molecule has 1 saturated carbocycles. The van der Waals surface area contributed by atoms with Crippen LogP contribution < -0.4 is 16.0 Å². The average Bonchev–Trinajstić information content (AvgIpc) is 3.37. The fourth-order valence-corrected chi connectivity index (χ4v) is 6.38. The van der Waals surface area contributed by atoms with Crippen molar-refractivity contribution in [1.29, 1.82) is 0 Å². The van der Waals surface area contributed by atoms with E-state index in [1.54, 1.807) is 12.1 Å². The number of amides is 3. The Morgan fingerprint density at radius 1 is 1.18 bits per heavy atom.